The zero-order chi connectivity index (χ0) is 45.5. The highest BCUT2D eigenvalue weighted by Crippen LogP contribution is 2.25. The summed E-state index contributed by atoms with van der Waals surface area (Å²) in [7, 11) is 5.85. The molecule has 6 aromatic rings. The van der Waals surface area contributed by atoms with Crippen LogP contribution >= 0.6 is 11.6 Å². The summed E-state index contributed by atoms with van der Waals surface area (Å²) in [4.78, 5) is 72.2. The number of hydrogen-bond acceptors (Lipinski definition) is 7. The molecule has 328 valence electrons. The molecule has 0 saturated carbocycles. The summed E-state index contributed by atoms with van der Waals surface area (Å²) < 4.78 is 69.4. The van der Waals surface area contributed by atoms with Crippen molar-refractivity contribution < 1.29 is 46.2 Å². The third-order valence-electron chi connectivity index (χ3n) is 10.2. The SMILES string of the molecule is COc1ccc(N(C)C(=O)[C@H](Cc2cc(F)cc(F)c2)NC(=O)Cn2c(=O)n(CC(=O)N[C@@H](Cc3cc(F)cc(F)c3)C(=O)N(C)c3ccc(OC)cc3)c3c(Cl)cccc32)cc1. The monoisotopic (exact) mass is 888 g/mol. The molecule has 2 atom stereocenters. The Morgan fingerprint density at radius 2 is 1.02 bits per heavy atom. The molecule has 0 bridgehead atoms. The minimum atomic E-state index is -1.40. The van der Waals surface area contributed by atoms with Crippen molar-refractivity contribution in [2.75, 3.05) is 38.1 Å². The standard InChI is InChI=1S/C45H41ClF4N6O7/c1-53(32-8-12-34(62-3)13-9-32)43(59)37(20-26-16-28(47)22-29(48)17-26)51-40(57)24-55-39-7-5-6-36(46)42(39)56(45(55)61)25-41(58)52-38(21-27-18-30(49)23-31(50)19-27)44(60)54(2)33-10-14-35(63-4)15-11-33/h5-19,22-23,37-38H,20-21,24-25H2,1-4H3,(H,51,57)(H,52,58)/t37-,38-/m0/s1. The molecule has 13 nitrogen and oxygen atoms in total. The van der Waals surface area contributed by atoms with Gasteiger partial charge < -0.3 is 29.9 Å². The van der Waals surface area contributed by atoms with Crippen molar-refractivity contribution in [3.05, 3.63) is 153 Å². The molecule has 0 unspecified atom stereocenters. The van der Waals surface area contributed by atoms with E-state index in [4.69, 9.17) is 21.1 Å². The van der Waals surface area contributed by atoms with Gasteiger partial charge in [-0.05, 0) is 96.1 Å². The maximum atomic E-state index is 14.2. The number of carbonyl (C=O) groups excluding carboxylic acids is 4. The van der Waals surface area contributed by atoms with Crippen LogP contribution in [0.4, 0.5) is 28.9 Å². The van der Waals surface area contributed by atoms with Gasteiger partial charge in [-0.2, -0.15) is 0 Å². The number of para-hydroxylation sites is 1. The number of benzene rings is 5. The molecule has 0 spiro atoms. The second-order valence-corrected chi connectivity index (χ2v) is 14.9. The van der Waals surface area contributed by atoms with Gasteiger partial charge in [-0.15, -0.1) is 0 Å². The normalized spacial score (nSPS) is 12.0. The molecule has 0 aliphatic rings. The number of nitrogens with one attached hydrogen (secondary N) is 2. The van der Waals surface area contributed by atoms with E-state index in [2.05, 4.69) is 10.6 Å². The molecular weight excluding hydrogens is 848 g/mol. The number of nitrogens with zero attached hydrogens (tertiary/aromatic N) is 4. The fourth-order valence-electron chi connectivity index (χ4n) is 7.06. The molecular formula is C45H41ClF4N6O7. The molecule has 1 heterocycles. The lowest BCUT2D eigenvalue weighted by atomic mass is 10.0. The van der Waals surface area contributed by atoms with Gasteiger partial charge in [0.25, 0.3) is 0 Å². The summed E-state index contributed by atoms with van der Waals surface area (Å²) >= 11 is 6.58. The average Bonchev–Trinajstić information content (AvgIpc) is 3.50. The maximum absolute atomic E-state index is 14.2. The average molecular weight is 889 g/mol. The lowest BCUT2D eigenvalue weighted by Crippen LogP contribution is -2.50. The largest absolute Gasteiger partial charge is 0.497 e. The Balaban J connectivity index is 1.27. The minimum Gasteiger partial charge on any atom is -0.497 e. The Labute approximate surface area is 363 Å². The second kappa shape index (κ2) is 19.7. The number of carbonyl (C=O) groups is 4. The van der Waals surface area contributed by atoms with Gasteiger partial charge in [0.2, 0.25) is 23.6 Å². The number of hydrogen-bond donors (Lipinski definition) is 2. The fourth-order valence-corrected chi connectivity index (χ4v) is 7.33. The molecule has 4 amide bonds. The lowest BCUT2D eigenvalue weighted by Gasteiger charge is -2.25. The van der Waals surface area contributed by atoms with Crippen LogP contribution in [0.1, 0.15) is 11.1 Å². The van der Waals surface area contributed by atoms with Crippen LogP contribution < -0.4 is 35.6 Å². The number of amides is 4. The quantitative estimate of drug-likeness (QED) is 0.117. The van der Waals surface area contributed by atoms with Crippen LogP contribution in [0.2, 0.25) is 5.02 Å². The van der Waals surface area contributed by atoms with Crippen molar-refractivity contribution in [3.8, 4) is 11.5 Å². The first-order valence-electron chi connectivity index (χ1n) is 19.2. The molecule has 5 aromatic carbocycles. The summed E-state index contributed by atoms with van der Waals surface area (Å²) in [5, 5.41) is 5.22. The van der Waals surface area contributed by atoms with Crippen molar-refractivity contribution >= 4 is 57.6 Å². The van der Waals surface area contributed by atoms with E-state index in [1.165, 1.54) is 56.3 Å². The van der Waals surface area contributed by atoms with Gasteiger partial charge in [-0.25, -0.2) is 22.4 Å². The molecule has 0 aliphatic heterocycles. The first-order chi connectivity index (χ1) is 30.0. The highest BCUT2D eigenvalue weighted by molar-refractivity contribution is 6.35. The molecule has 18 heteroatoms. The summed E-state index contributed by atoms with van der Waals surface area (Å²) in [5.74, 6) is -5.58. The zero-order valence-electron chi connectivity index (χ0n) is 34.3. The van der Waals surface area contributed by atoms with Gasteiger partial charge in [0, 0.05) is 50.4 Å². The van der Waals surface area contributed by atoms with Gasteiger partial charge >= 0.3 is 5.69 Å². The Hall–Kier alpha value is -7.14. The van der Waals surface area contributed by atoms with Crippen molar-refractivity contribution in [1.82, 2.24) is 19.8 Å². The van der Waals surface area contributed by atoms with Crippen LogP contribution in [0, 0.1) is 23.3 Å². The number of methoxy groups -OCH3 is 2. The van der Waals surface area contributed by atoms with Crippen molar-refractivity contribution in [2.24, 2.45) is 0 Å². The van der Waals surface area contributed by atoms with Gasteiger partial charge in [0.1, 0.15) is 59.9 Å². The van der Waals surface area contributed by atoms with Crippen LogP contribution in [0.5, 0.6) is 11.5 Å². The number of imidazole rings is 1. The Morgan fingerprint density at radius 3 is 1.41 bits per heavy atom. The maximum Gasteiger partial charge on any atom is 0.330 e. The van der Waals surface area contributed by atoms with E-state index in [0.717, 1.165) is 33.4 Å². The number of halogens is 5. The summed E-state index contributed by atoms with van der Waals surface area (Å²) in [5.41, 5.74) is 0.259. The van der Waals surface area contributed by atoms with E-state index in [9.17, 15) is 41.5 Å². The molecule has 6 rings (SSSR count). The van der Waals surface area contributed by atoms with Gasteiger partial charge in [-0.3, -0.25) is 28.3 Å². The smallest absolute Gasteiger partial charge is 0.330 e. The van der Waals surface area contributed by atoms with E-state index in [1.54, 1.807) is 48.5 Å². The first kappa shape index (κ1) is 45.4. The number of likely N-dealkylation sites (N-methyl/N-ethyl adjacent to an activating group) is 2. The van der Waals surface area contributed by atoms with Crippen LogP contribution in [0.25, 0.3) is 11.0 Å². The molecule has 2 N–H and O–H groups in total. The Bertz CT molecular complexity index is 2690. The highest BCUT2D eigenvalue weighted by atomic mass is 35.5. The van der Waals surface area contributed by atoms with E-state index < -0.39 is 77.8 Å². The Morgan fingerprint density at radius 1 is 0.619 bits per heavy atom. The van der Waals surface area contributed by atoms with Crippen LogP contribution in [0.15, 0.2) is 108 Å². The van der Waals surface area contributed by atoms with Gasteiger partial charge in [0.15, 0.2) is 0 Å². The number of anilines is 2. The molecule has 63 heavy (non-hydrogen) atoms. The number of fused-ring (bicyclic) bond motifs is 1. The highest BCUT2D eigenvalue weighted by Gasteiger charge is 2.29. The van der Waals surface area contributed by atoms with E-state index in [0.29, 0.717) is 35.0 Å². The summed E-state index contributed by atoms with van der Waals surface area (Å²) in [6.45, 7) is -1.42. The summed E-state index contributed by atoms with van der Waals surface area (Å²) in [6.07, 6.45) is -0.675. The molecule has 0 fully saturated rings. The minimum absolute atomic E-state index is 0.0287. The van der Waals surface area contributed by atoms with E-state index >= 15 is 0 Å². The van der Waals surface area contributed by atoms with E-state index in [-0.39, 0.29) is 40.0 Å². The number of ether oxygens (including phenoxy) is 2. The predicted molar refractivity (Wildman–Crippen MR) is 228 cm³/mol. The van der Waals surface area contributed by atoms with Crippen LogP contribution in [0.3, 0.4) is 0 Å². The summed E-state index contributed by atoms with van der Waals surface area (Å²) in [6, 6.07) is 20.0. The molecule has 0 aliphatic carbocycles. The number of aromatic nitrogens is 2. The molecule has 0 saturated heterocycles. The van der Waals surface area contributed by atoms with E-state index in [1.807, 2.05) is 0 Å². The lowest BCUT2D eigenvalue weighted by molar-refractivity contribution is -0.128. The van der Waals surface area contributed by atoms with Gasteiger partial charge in [0.05, 0.1) is 30.3 Å². The van der Waals surface area contributed by atoms with Crippen LogP contribution in [-0.2, 0) is 45.1 Å². The van der Waals surface area contributed by atoms with Crippen LogP contribution in [-0.4, -0.2) is 73.2 Å². The van der Waals surface area contributed by atoms with Crippen molar-refractivity contribution in [1.29, 1.82) is 0 Å². The third-order valence-corrected chi connectivity index (χ3v) is 10.5. The molecule has 1 aromatic heterocycles. The van der Waals surface area contributed by atoms with Gasteiger partial charge in [-0.1, -0.05) is 17.7 Å². The number of rotatable bonds is 16. The molecule has 0 radical (unpaired) electrons. The fraction of sp³-hybridized carbons (Fsp3) is 0.222. The topological polar surface area (TPSA) is 144 Å². The first-order valence-corrected chi connectivity index (χ1v) is 19.6. The zero-order valence-corrected chi connectivity index (χ0v) is 35.1. The van der Waals surface area contributed by atoms with Crippen molar-refractivity contribution in [2.45, 2.75) is 38.0 Å². The third kappa shape index (κ3) is 10.9. The second-order valence-electron chi connectivity index (χ2n) is 14.5. The Kier molecular flexibility index (Phi) is 14.2. The van der Waals surface area contributed by atoms with Crippen molar-refractivity contribution in [3.63, 3.8) is 0 Å². The predicted octanol–water partition coefficient (Wildman–Crippen LogP) is 5.81.